The molecule has 1 atom stereocenters. The Kier molecular flexibility index (Phi) is 8.40. The first-order chi connectivity index (χ1) is 16.4. The normalized spacial score (nSPS) is 11.3. The van der Waals surface area contributed by atoms with Gasteiger partial charge >= 0.3 is 5.97 Å². The molecule has 2 amide bonds. The van der Waals surface area contributed by atoms with Crippen LogP contribution < -0.4 is 15.4 Å². The fraction of sp³-hybridized carbons (Fsp3) is 0.222. The third-order valence-electron chi connectivity index (χ3n) is 5.18. The number of hydrogen-bond acceptors (Lipinski definition) is 5. The third kappa shape index (κ3) is 6.45. The van der Waals surface area contributed by atoms with Gasteiger partial charge in [-0.1, -0.05) is 48.5 Å². The molecule has 3 aromatic carbocycles. The minimum Gasteiger partial charge on any atom is -0.497 e. The lowest BCUT2D eigenvalue weighted by Gasteiger charge is -2.19. The van der Waals surface area contributed by atoms with Crippen molar-refractivity contribution in [1.29, 1.82) is 0 Å². The third-order valence-corrected chi connectivity index (χ3v) is 5.18. The number of carbonyl (C=O) groups is 3. The number of hydrogen-bond donors (Lipinski definition) is 2. The molecule has 3 rings (SSSR count). The zero-order valence-corrected chi connectivity index (χ0v) is 19.5. The molecule has 3 aromatic rings. The molecule has 0 aliphatic heterocycles. The molecular weight excluding hydrogens is 432 g/mol. The smallest absolute Gasteiger partial charge is 0.340 e. The first-order valence-electron chi connectivity index (χ1n) is 11.0. The van der Waals surface area contributed by atoms with E-state index in [2.05, 4.69) is 10.6 Å². The predicted molar refractivity (Wildman–Crippen MR) is 131 cm³/mol. The first-order valence-corrected chi connectivity index (χ1v) is 11.0. The number of ether oxygens (including phenoxy) is 2. The van der Waals surface area contributed by atoms with Crippen LogP contribution in [0.5, 0.6) is 5.75 Å². The summed E-state index contributed by atoms with van der Waals surface area (Å²) in [5.74, 6) is -0.461. The van der Waals surface area contributed by atoms with Gasteiger partial charge in [0, 0.05) is 6.92 Å². The van der Waals surface area contributed by atoms with E-state index in [1.165, 1.54) is 6.92 Å². The number of amides is 2. The summed E-state index contributed by atoms with van der Waals surface area (Å²) >= 11 is 0. The van der Waals surface area contributed by atoms with Crippen LogP contribution in [-0.2, 0) is 14.3 Å². The Balaban J connectivity index is 1.84. The maximum absolute atomic E-state index is 12.9. The molecular formula is C27H28N2O5. The number of benzene rings is 3. The highest BCUT2D eigenvalue weighted by Crippen LogP contribution is 2.27. The molecule has 1 unspecified atom stereocenters. The molecule has 34 heavy (non-hydrogen) atoms. The second kappa shape index (κ2) is 11.7. The van der Waals surface area contributed by atoms with E-state index in [0.29, 0.717) is 11.4 Å². The summed E-state index contributed by atoms with van der Waals surface area (Å²) < 4.78 is 10.4. The highest BCUT2D eigenvalue weighted by Gasteiger charge is 2.20. The number of nitrogens with one attached hydrogen (secondary N) is 2. The van der Waals surface area contributed by atoms with Crippen LogP contribution >= 0.6 is 0 Å². The van der Waals surface area contributed by atoms with Crippen LogP contribution in [0.25, 0.3) is 11.1 Å². The van der Waals surface area contributed by atoms with Gasteiger partial charge in [0.05, 0.1) is 37.4 Å². The van der Waals surface area contributed by atoms with Crippen LogP contribution in [0.2, 0.25) is 0 Å². The molecule has 0 aliphatic carbocycles. The van der Waals surface area contributed by atoms with Crippen LogP contribution in [0.1, 0.15) is 42.2 Å². The first kappa shape index (κ1) is 24.5. The molecule has 7 heteroatoms. The van der Waals surface area contributed by atoms with Gasteiger partial charge in [-0.15, -0.1) is 0 Å². The van der Waals surface area contributed by atoms with Crippen LogP contribution in [0.15, 0.2) is 72.8 Å². The average molecular weight is 461 g/mol. The zero-order chi connectivity index (χ0) is 24.5. The molecule has 0 heterocycles. The maximum Gasteiger partial charge on any atom is 0.340 e. The number of anilines is 1. The van der Waals surface area contributed by atoms with E-state index < -0.39 is 12.0 Å². The molecule has 0 saturated heterocycles. The van der Waals surface area contributed by atoms with Gasteiger partial charge < -0.3 is 20.1 Å². The van der Waals surface area contributed by atoms with Crippen molar-refractivity contribution in [2.75, 3.05) is 19.0 Å². The predicted octanol–water partition coefficient (Wildman–Crippen LogP) is 4.74. The van der Waals surface area contributed by atoms with Gasteiger partial charge in [0.1, 0.15) is 5.75 Å². The molecule has 0 aliphatic rings. The molecule has 0 aromatic heterocycles. The Morgan fingerprint density at radius 1 is 0.912 bits per heavy atom. The van der Waals surface area contributed by atoms with Crippen LogP contribution in [0.4, 0.5) is 5.69 Å². The summed E-state index contributed by atoms with van der Waals surface area (Å²) in [7, 11) is 1.57. The van der Waals surface area contributed by atoms with Crippen LogP contribution in [-0.4, -0.2) is 31.5 Å². The average Bonchev–Trinajstić information content (AvgIpc) is 2.84. The van der Waals surface area contributed by atoms with Gasteiger partial charge in [0.25, 0.3) is 0 Å². The largest absolute Gasteiger partial charge is 0.497 e. The van der Waals surface area contributed by atoms with E-state index in [1.54, 1.807) is 50.4 Å². The van der Waals surface area contributed by atoms with Gasteiger partial charge in [-0.3, -0.25) is 9.59 Å². The van der Waals surface area contributed by atoms with E-state index in [0.717, 1.165) is 16.7 Å². The second-order valence-electron chi connectivity index (χ2n) is 7.63. The molecule has 0 bridgehead atoms. The van der Waals surface area contributed by atoms with Crippen molar-refractivity contribution >= 4 is 23.5 Å². The van der Waals surface area contributed by atoms with Gasteiger partial charge in [0.15, 0.2) is 0 Å². The summed E-state index contributed by atoms with van der Waals surface area (Å²) in [5, 5.41) is 5.62. The number of carbonyl (C=O) groups excluding carboxylic acids is 3. The summed E-state index contributed by atoms with van der Waals surface area (Å²) in [5.41, 5.74) is 3.14. The summed E-state index contributed by atoms with van der Waals surface area (Å²) in [6, 6.07) is 21.4. The van der Waals surface area contributed by atoms with Crippen molar-refractivity contribution in [1.82, 2.24) is 5.32 Å². The van der Waals surface area contributed by atoms with Crippen LogP contribution in [0.3, 0.4) is 0 Å². The Hall–Kier alpha value is -4.13. The SMILES string of the molecule is CCOC(=O)c1cc(-c2ccccc2)ccc1NC(=O)CC(NC(C)=O)c1ccc(OC)cc1. The Morgan fingerprint density at radius 3 is 2.24 bits per heavy atom. The highest BCUT2D eigenvalue weighted by atomic mass is 16.5. The van der Waals surface area contributed by atoms with Crippen molar-refractivity contribution < 1.29 is 23.9 Å². The van der Waals surface area contributed by atoms with Crippen molar-refractivity contribution in [3.05, 3.63) is 83.9 Å². The highest BCUT2D eigenvalue weighted by molar-refractivity contribution is 6.02. The van der Waals surface area contributed by atoms with Gasteiger partial charge in [-0.2, -0.15) is 0 Å². The molecule has 0 saturated carbocycles. The van der Waals surface area contributed by atoms with Gasteiger partial charge in [0.2, 0.25) is 11.8 Å². The van der Waals surface area contributed by atoms with Gasteiger partial charge in [-0.25, -0.2) is 4.79 Å². The minimum absolute atomic E-state index is 0.0192. The van der Waals surface area contributed by atoms with Crippen molar-refractivity contribution in [2.24, 2.45) is 0 Å². The molecule has 176 valence electrons. The number of rotatable bonds is 9. The second-order valence-corrected chi connectivity index (χ2v) is 7.63. The van der Waals surface area contributed by atoms with Gasteiger partial charge in [-0.05, 0) is 47.9 Å². The Morgan fingerprint density at radius 2 is 1.62 bits per heavy atom. The lowest BCUT2D eigenvalue weighted by atomic mass is 10.0. The summed E-state index contributed by atoms with van der Waals surface area (Å²) in [6.45, 7) is 3.34. The topological polar surface area (TPSA) is 93.7 Å². The zero-order valence-electron chi connectivity index (χ0n) is 19.5. The van der Waals surface area contributed by atoms with Crippen LogP contribution in [0, 0.1) is 0 Å². The van der Waals surface area contributed by atoms with E-state index in [4.69, 9.17) is 9.47 Å². The van der Waals surface area contributed by atoms with Crippen molar-refractivity contribution in [3.63, 3.8) is 0 Å². The number of methoxy groups -OCH3 is 1. The van der Waals surface area contributed by atoms with E-state index in [1.807, 2.05) is 36.4 Å². The molecule has 7 nitrogen and oxygen atoms in total. The Bertz CT molecular complexity index is 1140. The van der Waals surface area contributed by atoms with E-state index in [-0.39, 0.29) is 30.4 Å². The summed E-state index contributed by atoms with van der Waals surface area (Å²) in [4.78, 5) is 37.3. The standard InChI is InChI=1S/C27H28N2O5/c1-4-34-27(32)23-16-21(19-8-6-5-7-9-19)12-15-24(23)29-26(31)17-25(28-18(2)30)20-10-13-22(33-3)14-11-20/h5-16,25H,4,17H2,1-3H3,(H,28,30)(H,29,31). The fourth-order valence-corrected chi connectivity index (χ4v) is 3.56. The van der Waals surface area contributed by atoms with E-state index >= 15 is 0 Å². The quantitative estimate of drug-likeness (QED) is 0.450. The molecule has 2 N–H and O–H groups in total. The van der Waals surface area contributed by atoms with Crippen molar-refractivity contribution in [2.45, 2.75) is 26.3 Å². The lowest BCUT2D eigenvalue weighted by molar-refractivity contribution is -0.120. The lowest BCUT2D eigenvalue weighted by Crippen LogP contribution is -2.30. The number of esters is 1. The maximum atomic E-state index is 12.9. The fourth-order valence-electron chi connectivity index (χ4n) is 3.56. The molecule has 0 radical (unpaired) electrons. The summed E-state index contributed by atoms with van der Waals surface area (Å²) in [6.07, 6.45) is -0.0192. The Labute approximate surface area is 199 Å². The molecule has 0 fully saturated rings. The van der Waals surface area contributed by atoms with Crippen molar-refractivity contribution in [3.8, 4) is 16.9 Å². The minimum atomic E-state index is -0.543. The monoisotopic (exact) mass is 460 g/mol. The molecule has 0 spiro atoms. The van der Waals surface area contributed by atoms with E-state index in [9.17, 15) is 14.4 Å².